The van der Waals surface area contributed by atoms with Gasteiger partial charge in [-0.1, -0.05) is 12.1 Å². The molecule has 9 heteroatoms. The molecule has 142 valence electrons. The molecular weight excluding hydrogens is 368 g/mol. The van der Waals surface area contributed by atoms with Crippen LogP contribution in [0.15, 0.2) is 41.6 Å². The molecule has 2 N–H and O–H groups in total. The molecule has 0 radical (unpaired) electrons. The highest BCUT2D eigenvalue weighted by atomic mass is 32.2. The van der Waals surface area contributed by atoms with Crippen molar-refractivity contribution in [2.24, 2.45) is 0 Å². The number of hydrogen-bond donors (Lipinski definition) is 2. The molecule has 2 heterocycles. The van der Waals surface area contributed by atoms with Crippen LogP contribution in [0.3, 0.4) is 0 Å². The summed E-state index contributed by atoms with van der Waals surface area (Å²) in [5.74, 6) is -0.831. The van der Waals surface area contributed by atoms with Crippen molar-refractivity contribution in [3.63, 3.8) is 0 Å². The zero-order valence-corrected chi connectivity index (χ0v) is 15.4. The minimum Gasteiger partial charge on any atom is -0.478 e. The number of pyridine rings is 1. The summed E-state index contributed by atoms with van der Waals surface area (Å²) >= 11 is 1.43. The second-order valence-corrected chi connectivity index (χ2v) is 7.15. The van der Waals surface area contributed by atoms with E-state index < -0.39 is 10.9 Å². The highest BCUT2D eigenvalue weighted by molar-refractivity contribution is 7.98. The van der Waals surface area contributed by atoms with Crippen molar-refractivity contribution >= 4 is 23.4 Å². The Bertz CT molecular complexity index is 840. The van der Waals surface area contributed by atoms with Crippen molar-refractivity contribution in [2.45, 2.75) is 17.3 Å². The SMILES string of the molecule is O=C(O)c1ccc(CSc2ncccc2CN2CCNCC2)c([N+](=O)[O-])c1. The lowest BCUT2D eigenvalue weighted by Crippen LogP contribution is -2.42. The smallest absolute Gasteiger partial charge is 0.335 e. The van der Waals surface area contributed by atoms with Crippen LogP contribution in [0.4, 0.5) is 5.69 Å². The number of nitrogens with one attached hydrogen (secondary N) is 1. The molecule has 1 saturated heterocycles. The molecule has 0 saturated carbocycles. The summed E-state index contributed by atoms with van der Waals surface area (Å²) in [6, 6.07) is 7.93. The molecule has 8 nitrogen and oxygen atoms in total. The first-order valence-electron chi connectivity index (χ1n) is 8.55. The van der Waals surface area contributed by atoms with Crippen molar-refractivity contribution in [1.29, 1.82) is 0 Å². The van der Waals surface area contributed by atoms with Gasteiger partial charge in [0.15, 0.2) is 0 Å². The van der Waals surface area contributed by atoms with Crippen molar-refractivity contribution in [3.8, 4) is 0 Å². The standard InChI is InChI=1S/C18H20N4O4S/c23-18(24)13-3-4-15(16(10-13)22(25)26)12-27-17-14(2-1-5-20-17)11-21-8-6-19-7-9-21/h1-5,10,19H,6-9,11-12H2,(H,23,24). The third-order valence-corrected chi connectivity index (χ3v) is 5.44. The van der Waals surface area contributed by atoms with Gasteiger partial charge in [0.2, 0.25) is 0 Å². The number of hydrogen-bond acceptors (Lipinski definition) is 7. The maximum Gasteiger partial charge on any atom is 0.335 e. The molecule has 1 fully saturated rings. The number of rotatable bonds is 7. The number of aromatic carboxylic acids is 1. The van der Waals surface area contributed by atoms with Crippen LogP contribution in [0.25, 0.3) is 0 Å². The average molecular weight is 388 g/mol. The molecule has 1 aromatic heterocycles. The van der Waals surface area contributed by atoms with E-state index in [1.807, 2.05) is 12.1 Å². The number of nitro groups is 1. The predicted octanol–water partition coefficient (Wildman–Crippen LogP) is 2.39. The molecule has 1 aliphatic rings. The highest BCUT2D eigenvalue weighted by Crippen LogP contribution is 2.30. The first kappa shape index (κ1) is 19.3. The fourth-order valence-corrected chi connectivity index (χ4v) is 3.91. The third kappa shape index (κ3) is 5.03. The number of piperazine rings is 1. The maximum absolute atomic E-state index is 11.3. The number of nitro benzene ring substituents is 1. The molecule has 0 aliphatic carbocycles. The minimum absolute atomic E-state index is 0.0901. The third-order valence-electron chi connectivity index (χ3n) is 4.35. The number of nitrogens with zero attached hydrogens (tertiary/aromatic N) is 3. The van der Waals surface area contributed by atoms with Gasteiger partial charge in [-0.15, -0.1) is 11.8 Å². The van der Waals surface area contributed by atoms with Crippen LogP contribution in [0.2, 0.25) is 0 Å². The molecule has 1 aliphatic heterocycles. The molecule has 27 heavy (non-hydrogen) atoms. The first-order chi connectivity index (χ1) is 13.0. The van der Waals surface area contributed by atoms with Gasteiger partial charge >= 0.3 is 5.97 Å². The lowest BCUT2D eigenvalue weighted by atomic mass is 10.1. The topological polar surface area (TPSA) is 109 Å². The van der Waals surface area contributed by atoms with E-state index in [0.717, 1.165) is 49.4 Å². The summed E-state index contributed by atoms with van der Waals surface area (Å²) in [4.78, 5) is 28.6. The first-order valence-corrected chi connectivity index (χ1v) is 9.53. The summed E-state index contributed by atoms with van der Waals surface area (Å²) in [5, 5.41) is 24.5. The van der Waals surface area contributed by atoms with E-state index in [1.165, 1.54) is 23.9 Å². The second-order valence-electron chi connectivity index (χ2n) is 6.19. The lowest BCUT2D eigenvalue weighted by Gasteiger charge is -2.27. The van der Waals surface area contributed by atoms with E-state index in [0.29, 0.717) is 11.3 Å². The van der Waals surface area contributed by atoms with Crippen molar-refractivity contribution in [3.05, 3.63) is 63.3 Å². The summed E-state index contributed by atoms with van der Waals surface area (Å²) < 4.78 is 0. The van der Waals surface area contributed by atoms with E-state index >= 15 is 0 Å². The molecule has 0 atom stereocenters. The van der Waals surface area contributed by atoms with Crippen LogP contribution in [0, 0.1) is 10.1 Å². The summed E-state index contributed by atoms with van der Waals surface area (Å²) in [6.07, 6.45) is 1.71. The highest BCUT2D eigenvalue weighted by Gasteiger charge is 2.19. The number of aromatic nitrogens is 1. The van der Waals surface area contributed by atoms with E-state index in [-0.39, 0.29) is 11.3 Å². The summed E-state index contributed by atoms with van der Waals surface area (Å²) in [6.45, 7) is 4.66. The van der Waals surface area contributed by atoms with Crippen LogP contribution in [-0.2, 0) is 12.3 Å². The van der Waals surface area contributed by atoms with E-state index in [1.54, 1.807) is 6.20 Å². The Morgan fingerprint density at radius 1 is 1.30 bits per heavy atom. The molecule has 3 rings (SSSR count). The number of carboxylic acid groups (broad SMARTS) is 1. The van der Waals surface area contributed by atoms with Crippen molar-refractivity contribution in [1.82, 2.24) is 15.2 Å². The zero-order valence-electron chi connectivity index (χ0n) is 14.6. The van der Waals surface area contributed by atoms with Crippen LogP contribution in [0.5, 0.6) is 0 Å². The van der Waals surface area contributed by atoms with Gasteiger partial charge in [0, 0.05) is 56.3 Å². The van der Waals surface area contributed by atoms with Gasteiger partial charge in [-0.2, -0.15) is 0 Å². The Morgan fingerprint density at radius 2 is 2.07 bits per heavy atom. The monoisotopic (exact) mass is 388 g/mol. The van der Waals surface area contributed by atoms with Crippen LogP contribution in [0.1, 0.15) is 21.5 Å². The fourth-order valence-electron chi connectivity index (χ4n) is 2.92. The van der Waals surface area contributed by atoms with E-state index in [2.05, 4.69) is 15.2 Å². The van der Waals surface area contributed by atoms with Gasteiger partial charge in [-0.3, -0.25) is 15.0 Å². The predicted molar refractivity (Wildman–Crippen MR) is 102 cm³/mol. The number of benzene rings is 1. The van der Waals surface area contributed by atoms with E-state index in [9.17, 15) is 14.9 Å². The average Bonchev–Trinajstić information content (AvgIpc) is 2.68. The maximum atomic E-state index is 11.3. The molecule has 0 amide bonds. The van der Waals surface area contributed by atoms with Crippen molar-refractivity contribution < 1.29 is 14.8 Å². The van der Waals surface area contributed by atoms with Gasteiger partial charge in [0.25, 0.3) is 5.69 Å². The van der Waals surface area contributed by atoms with Crippen LogP contribution in [-0.4, -0.2) is 52.1 Å². The normalized spacial score (nSPS) is 14.8. The summed E-state index contributed by atoms with van der Waals surface area (Å²) in [7, 11) is 0. The van der Waals surface area contributed by atoms with Gasteiger partial charge in [0.05, 0.1) is 10.5 Å². The molecule has 0 spiro atoms. The largest absolute Gasteiger partial charge is 0.478 e. The fraction of sp³-hybridized carbons (Fsp3) is 0.333. The zero-order chi connectivity index (χ0) is 19.2. The van der Waals surface area contributed by atoms with Gasteiger partial charge in [-0.05, 0) is 17.7 Å². The Morgan fingerprint density at radius 3 is 2.78 bits per heavy atom. The molecule has 0 bridgehead atoms. The molecule has 0 unspecified atom stereocenters. The van der Waals surface area contributed by atoms with Gasteiger partial charge in [0.1, 0.15) is 5.03 Å². The Kier molecular flexibility index (Phi) is 6.38. The Labute approximate surface area is 160 Å². The Hall–Kier alpha value is -2.49. The van der Waals surface area contributed by atoms with Gasteiger partial charge < -0.3 is 10.4 Å². The van der Waals surface area contributed by atoms with Gasteiger partial charge in [-0.25, -0.2) is 9.78 Å². The summed E-state index contributed by atoms with van der Waals surface area (Å²) in [5.41, 5.74) is 1.30. The molecule has 1 aromatic carbocycles. The van der Waals surface area contributed by atoms with Crippen LogP contribution < -0.4 is 5.32 Å². The number of carbonyl (C=O) groups is 1. The van der Waals surface area contributed by atoms with E-state index in [4.69, 9.17) is 5.11 Å². The lowest BCUT2D eigenvalue weighted by molar-refractivity contribution is -0.385. The molecular formula is C18H20N4O4S. The number of carboxylic acids is 1. The minimum atomic E-state index is -1.18. The van der Waals surface area contributed by atoms with Crippen molar-refractivity contribution in [2.75, 3.05) is 26.2 Å². The second kappa shape index (κ2) is 8.94. The quantitative estimate of drug-likeness (QED) is 0.423. The molecule has 2 aromatic rings. The Balaban J connectivity index is 1.75. The number of thioether (sulfide) groups is 1. The van der Waals surface area contributed by atoms with Crippen LogP contribution >= 0.6 is 11.8 Å².